The molecule has 8 nitrogen and oxygen atoms in total. The quantitative estimate of drug-likeness (QED) is 0.900. The first-order valence-electron chi connectivity index (χ1n) is 7.51. The van der Waals surface area contributed by atoms with Crippen molar-refractivity contribution in [1.82, 2.24) is 20.0 Å². The third-order valence-electron chi connectivity index (χ3n) is 3.70. The molecule has 122 valence electrons. The van der Waals surface area contributed by atoms with E-state index >= 15 is 0 Å². The van der Waals surface area contributed by atoms with Gasteiger partial charge in [0.2, 0.25) is 5.76 Å². The Bertz CT molecular complexity index is 767. The van der Waals surface area contributed by atoms with Crippen molar-refractivity contribution in [3.63, 3.8) is 0 Å². The Hall–Kier alpha value is -2.48. The molecule has 1 unspecified atom stereocenters. The number of hydrogen-bond acceptors (Lipinski definition) is 6. The van der Waals surface area contributed by atoms with Gasteiger partial charge in [0.05, 0.1) is 24.5 Å². The minimum Gasteiger partial charge on any atom is -0.368 e. The molecule has 1 aliphatic heterocycles. The average molecular weight is 318 g/mol. The Morgan fingerprint density at radius 1 is 1.48 bits per heavy atom. The summed E-state index contributed by atoms with van der Waals surface area (Å²) in [6, 6.07) is 3.05. The summed E-state index contributed by atoms with van der Waals surface area (Å²) in [6.45, 7) is 4.80. The molecule has 1 saturated heterocycles. The fraction of sp³-hybridized carbons (Fsp3) is 0.467. The Morgan fingerprint density at radius 3 is 3.00 bits per heavy atom. The molecular formula is C15H18N4O4. The highest BCUT2D eigenvalue weighted by Crippen LogP contribution is 2.21. The molecule has 0 bridgehead atoms. The number of rotatable bonds is 3. The summed E-state index contributed by atoms with van der Waals surface area (Å²) >= 11 is 0. The van der Waals surface area contributed by atoms with Gasteiger partial charge < -0.3 is 19.1 Å². The van der Waals surface area contributed by atoms with Crippen molar-refractivity contribution in [3.05, 3.63) is 45.5 Å². The molecule has 0 radical (unpaired) electrons. The normalized spacial score (nSPS) is 18.2. The number of aromatic amines is 1. The monoisotopic (exact) mass is 318 g/mol. The van der Waals surface area contributed by atoms with Gasteiger partial charge in [-0.3, -0.25) is 9.59 Å². The summed E-state index contributed by atoms with van der Waals surface area (Å²) < 4.78 is 10.8. The van der Waals surface area contributed by atoms with E-state index in [4.69, 9.17) is 9.26 Å². The summed E-state index contributed by atoms with van der Waals surface area (Å²) in [4.78, 5) is 32.6. The predicted octanol–water partition coefficient (Wildman–Crippen LogP) is 0.842. The van der Waals surface area contributed by atoms with Crippen LogP contribution in [0.4, 0.5) is 0 Å². The van der Waals surface area contributed by atoms with Crippen LogP contribution < -0.4 is 5.56 Å². The second-order valence-corrected chi connectivity index (χ2v) is 5.40. The zero-order valence-corrected chi connectivity index (χ0v) is 13.0. The maximum Gasteiger partial charge on any atom is 0.292 e. The van der Waals surface area contributed by atoms with E-state index in [-0.39, 0.29) is 17.2 Å². The van der Waals surface area contributed by atoms with E-state index in [2.05, 4.69) is 15.1 Å². The lowest BCUT2D eigenvalue weighted by atomic mass is 10.2. The van der Waals surface area contributed by atoms with Gasteiger partial charge >= 0.3 is 0 Å². The summed E-state index contributed by atoms with van der Waals surface area (Å²) in [5.41, 5.74) is 1.03. The maximum absolute atomic E-state index is 12.5. The fourth-order valence-electron chi connectivity index (χ4n) is 2.52. The molecule has 1 amide bonds. The van der Waals surface area contributed by atoms with Crippen molar-refractivity contribution in [2.45, 2.75) is 26.4 Å². The highest BCUT2D eigenvalue weighted by atomic mass is 16.5. The van der Waals surface area contributed by atoms with Crippen LogP contribution in [0.2, 0.25) is 0 Å². The Kier molecular flexibility index (Phi) is 4.24. The van der Waals surface area contributed by atoms with Crippen LogP contribution in [0.5, 0.6) is 0 Å². The van der Waals surface area contributed by atoms with Gasteiger partial charge in [-0.05, 0) is 13.3 Å². The van der Waals surface area contributed by atoms with Crippen LogP contribution in [0.15, 0.2) is 21.5 Å². The highest BCUT2D eigenvalue weighted by molar-refractivity contribution is 5.91. The molecule has 2 aromatic heterocycles. The minimum absolute atomic E-state index is 0.220. The second-order valence-electron chi connectivity index (χ2n) is 5.40. The molecule has 0 spiro atoms. The first-order valence-corrected chi connectivity index (χ1v) is 7.51. The van der Waals surface area contributed by atoms with E-state index in [9.17, 15) is 9.59 Å². The van der Waals surface area contributed by atoms with Gasteiger partial charge in [-0.15, -0.1) is 0 Å². The molecule has 2 aromatic rings. The topological polar surface area (TPSA) is 101 Å². The summed E-state index contributed by atoms with van der Waals surface area (Å²) in [5.74, 6) is 0.506. The molecule has 1 atom stereocenters. The summed E-state index contributed by atoms with van der Waals surface area (Å²) in [7, 11) is 0. The minimum atomic E-state index is -0.428. The van der Waals surface area contributed by atoms with E-state index in [1.54, 1.807) is 17.9 Å². The van der Waals surface area contributed by atoms with Gasteiger partial charge in [0, 0.05) is 18.7 Å². The lowest BCUT2D eigenvalue weighted by Crippen LogP contribution is -2.42. The number of hydrogen-bond donors (Lipinski definition) is 1. The molecule has 3 heterocycles. The van der Waals surface area contributed by atoms with Crippen molar-refractivity contribution in [2.24, 2.45) is 0 Å². The number of aryl methyl sites for hydroxylation is 2. The molecule has 0 aliphatic carbocycles. The van der Waals surface area contributed by atoms with Crippen molar-refractivity contribution in [3.8, 4) is 0 Å². The SMILES string of the molecule is CCc1cc(C(=O)N2CCOC(c3cc(=O)[nH]c(C)n3)C2)on1. The van der Waals surface area contributed by atoms with Crippen molar-refractivity contribution >= 4 is 5.91 Å². The van der Waals surface area contributed by atoms with E-state index in [1.807, 2.05) is 6.92 Å². The van der Waals surface area contributed by atoms with Crippen molar-refractivity contribution in [2.75, 3.05) is 19.7 Å². The van der Waals surface area contributed by atoms with Gasteiger partial charge in [-0.2, -0.15) is 0 Å². The summed E-state index contributed by atoms with van der Waals surface area (Å²) in [6.07, 6.45) is 0.278. The van der Waals surface area contributed by atoms with Crippen LogP contribution >= 0.6 is 0 Å². The molecule has 8 heteroatoms. The fourth-order valence-corrected chi connectivity index (χ4v) is 2.52. The van der Waals surface area contributed by atoms with Crippen LogP contribution in [0.1, 0.15) is 40.8 Å². The van der Waals surface area contributed by atoms with Crippen LogP contribution in [-0.2, 0) is 11.2 Å². The average Bonchev–Trinajstić information content (AvgIpc) is 3.02. The molecule has 1 aliphatic rings. The third-order valence-corrected chi connectivity index (χ3v) is 3.70. The van der Waals surface area contributed by atoms with Crippen LogP contribution in [0.3, 0.4) is 0 Å². The Morgan fingerprint density at radius 2 is 2.30 bits per heavy atom. The zero-order chi connectivity index (χ0) is 16.4. The maximum atomic E-state index is 12.5. The van der Waals surface area contributed by atoms with Crippen molar-refractivity contribution < 1.29 is 14.1 Å². The third kappa shape index (κ3) is 3.31. The first kappa shape index (κ1) is 15.4. The molecule has 0 aromatic carbocycles. The number of amides is 1. The standard InChI is InChI=1S/C15H18N4O4/c1-3-10-6-12(23-18-10)15(21)19-4-5-22-13(8-19)11-7-14(20)17-9(2)16-11/h6-7,13H,3-5,8H2,1-2H3,(H,16,17,20). The van der Waals surface area contributed by atoms with Crippen LogP contribution in [-0.4, -0.2) is 45.6 Å². The number of ether oxygens (including phenoxy) is 1. The van der Waals surface area contributed by atoms with Gasteiger partial charge in [0.1, 0.15) is 11.9 Å². The van der Waals surface area contributed by atoms with Gasteiger partial charge in [-0.25, -0.2) is 4.98 Å². The smallest absolute Gasteiger partial charge is 0.292 e. The van der Waals surface area contributed by atoms with E-state index in [1.165, 1.54) is 6.07 Å². The van der Waals surface area contributed by atoms with Gasteiger partial charge in [-0.1, -0.05) is 12.1 Å². The molecule has 0 saturated carbocycles. The number of carbonyl (C=O) groups excluding carboxylic acids is 1. The van der Waals surface area contributed by atoms with Gasteiger partial charge in [0.15, 0.2) is 0 Å². The molecule has 23 heavy (non-hydrogen) atoms. The van der Waals surface area contributed by atoms with Crippen LogP contribution in [0.25, 0.3) is 0 Å². The first-order chi connectivity index (χ1) is 11.1. The largest absolute Gasteiger partial charge is 0.368 e. The van der Waals surface area contributed by atoms with Crippen LogP contribution in [0, 0.1) is 6.92 Å². The number of aromatic nitrogens is 3. The number of H-pyrrole nitrogens is 1. The predicted molar refractivity (Wildman–Crippen MR) is 80.1 cm³/mol. The summed E-state index contributed by atoms with van der Waals surface area (Å²) in [5, 5.41) is 3.84. The number of nitrogens with zero attached hydrogens (tertiary/aromatic N) is 3. The molecule has 1 N–H and O–H groups in total. The number of carbonyl (C=O) groups is 1. The van der Waals surface area contributed by atoms with E-state index < -0.39 is 6.10 Å². The van der Waals surface area contributed by atoms with Gasteiger partial charge in [0.25, 0.3) is 11.5 Å². The van der Waals surface area contributed by atoms with Crippen molar-refractivity contribution in [1.29, 1.82) is 0 Å². The Labute approximate surface area is 132 Å². The van der Waals surface area contributed by atoms with E-state index in [0.29, 0.717) is 37.6 Å². The van der Waals surface area contributed by atoms with E-state index in [0.717, 1.165) is 5.69 Å². The molecule has 3 rings (SSSR count). The molecular weight excluding hydrogens is 300 g/mol. The second kappa shape index (κ2) is 6.33. The number of morpholine rings is 1. The highest BCUT2D eigenvalue weighted by Gasteiger charge is 2.29. The number of nitrogens with one attached hydrogen (secondary N) is 1. The lowest BCUT2D eigenvalue weighted by molar-refractivity contribution is -0.0260. The zero-order valence-electron chi connectivity index (χ0n) is 13.0. The lowest BCUT2D eigenvalue weighted by Gasteiger charge is -2.31. The molecule has 1 fully saturated rings. The Balaban J connectivity index is 1.77.